The van der Waals surface area contributed by atoms with E-state index in [1.807, 2.05) is 6.92 Å². The molecule has 0 atom stereocenters. The predicted octanol–water partition coefficient (Wildman–Crippen LogP) is -0.120. The Labute approximate surface area is 54.2 Å². The summed E-state index contributed by atoms with van der Waals surface area (Å²) in [4.78, 5) is 10.1. The maximum Gasteiger partial charge on any atom is 0.250 e. The SMILES string of the molecule is CCC/C([OH2+])=C/C(N)=O. The van der Waals surface area contributed by atoms with Crippen molar-refractivity contribution in [2.24, 2.45) is 5.73 Å². The summed E-state index contributed by atoms with van der Waals surface area (Å²) >= 11 is 0. The number of carbonyl (C=O) groups is 1. The summed E-state index contributed by atoms with van der Waals surface area (Å²) in [5.41, 5.74) is 4.79. The lowest BCUT2D eigenvalue weighted by molar-refractivity contribution is -0.113. The number of nitrogens with two attached hydrogens (primary N) is 1. The lowest BCUT2D eigenvalue weighted by Gasteiger charge is -1.87. The van der Waals surface area contributed by atoms with Crippen molar-refractivity contribution < 1.29 is 9.90 Å². The van der Waals surface area contributed by atoms with Crippen LogP contribution < -0.4 is 5.73 Å². The minimum Gasteiger partial charge on any atom is -0.596 e. The summed E-state index contributed by atoms with van der Waals surface area (Å²) in [5.74, 6) is -0.224. The first kappa shape index (κ1) is 8.01. The maximum absolute atomic E-state index is 10.1. The monoisotopic (exact) mass is 130 g/mol. The number of rotatable bonds is 3. The third kappa shape index (κ3) is 4.87. The van der Waals surface area contributed by atoms with Gasteiger partial charge < -0.3 is 10.8 Å². The van der Waals surface area contributed by atoms with E-state index in [1.54, 1.807) is 0 Å². The van der Waals surface area contributed by atoms with Gasteiger partial charge >= 0.3 is 0 Å². The molecule has 0 spiro atoms. The highest BCUT2D eigenvalue weighted by atomic mass is 16.3. The van der Waals surface area contributed by atoms with Gasteiger partial charge in [-0.15, -0.1) is 0 Å². The molecule has 0 heterocycles. The summed E-state index contributed by atoms with van der Waals surface area (Å²) < 4.78 is 0. The van der Waals surface area contributed by atoms with Crippen LogP contribution in [0.15, 0.2) is 11.8 Å². The minimum absolute atomic E-state index is 0.310. The Morgan fingerprint density at radius 2 is 2.33 bits per heavy atom. The summed E-state index contributed by atoms with van der Waals surface area (Å²) in [5, 5.41) is 7.06. The van der Waals surface area contributed by atoms with Crippen molar-refractivity contribution in [1.82, 2.24) is 0 Å². The molecule has 9 heavy (non-hydrogen) atoms. The van der Waals surface area contributed by atoms with Crippen LogP contribution in [0.5, 0.6) is 0 Å². The number of hydrogen-bond acceptors (Lipinski definition) is 1. The Balaban J connectivity index is 3.69. The van der Waals surface area contributed by atoms with Crippen LogP contribution in [-0.4, -0.2) is 11.0 Å². The number of primary amides is 1. The average Bonchev–Trinajstić information content (AvgIpc) is 1.63. The predicted molar refractivity (Wildman–Crippen MR) is 35.8 cm³/mol. The van der Waals surface area contributed by atoms with Gasteiger partial charge in [0, 0.05) is 0 Å². The van der Waals surface area contributed by atoms with E-state index in [-0.39, 0.29) is 0 Å². The van der Waals surface area contributed by atoms with Gasteiger partial charge in [0.05, 0.1) is 12.5 Å². The van der Waals surface area contributed by atoms with Gasteiger partial charge in [-0.2, -0.15) is 0 Å². The van der Waals surface area contributed by atoms with E-state index in [0.717, 1.165) is 12.5 Å². The van der Waals surface area contributed by atoms with Gasteiger partial charge in [0.25, 0.3) is 0 Å². The molecule has 3 nitrogen and oxygen atoms in total. The number of carbonyl (C=O) groups excluding carboxylic acids is 1. The van der Waals surface area contributed by atoms with Crippen LogP contribution in [0.1, 0.15) is 19.8 Å². The lowest BCUT2D eigenvalue weighted by Crippen LogP contribution is -2.07. The summed E-state index contributed by atoms with van der Waals surface area (Å²) in [6.07, 6.45) is 2.65. The molecular formula is C6H12NO2+. The van der Waals surface area contributed by atoms with Crippen molar-refractivity contribution in [3.8, 4) is 0 Å². The van der Waals surface area contributed by atoms with Crippen LogP contribution in [-0.2, 0) is 4.79 Å². The van der Waals surface area contributed by atoms with Crippen LogP contribution in [0, 0.1) is 0 Å². The number of amides is 1. The molecule has 0 rings (SSSR count). The van der Waals surface area contributed by atoms with Crippen molar-refractivity contribution in [3.63, 3.8) is 0 Å². The third-order valence-corrected chi connectivity index (χ3v) is 0.836. The molecule has 0 fully saturated rings. The fourth-order valence-electron chi connectivity index (χ4n) is 0.513. The largest absolute Gasteiger partial charge is 0.596 e. The van der Waals surface area contributed by atoms with Crippen LogP contribution in [0.2, 0.25) is 0 Å². The molecule has 3 heteroatoms. The zero-order valence-electron chi connectivity index (χ0n) is 5.48. The van der Waals surface area contributed by atoms with Crippen molar-refractivity contribution >= 4 is 5.91 Å². The van der Waals surface area contributed by atoms with Gasteiger partial charge in [-0.3, -0.25) is 4.79 Å². The van der Waals surface area contributed by atoms with E-state index in [1.165, 1.54) is 0 Å². The lowest BCUT2D eigenvalue weighted by atomic mass is 10.3. The molecule has 0 saturated carbocycles. The van der Waals surface area contributed by atoms with Gasteiger partial charge in [0.2, 0.25) is 11.7 Å². The smallest absolute Gasteiger partial charge is 0.250 e. The molecule has 0 aromatic rings. The molecular weight excluding hydrogens is 118 g/mol. The van der Waals surface area contributed by atoms with Crippen LogP contribution in [0.3, 0.4) is 0 Å². The van der Waals surface area contributed by atoms with Gasteiger partial charge in [-0.1, -0.05) is 6.92 Å². The first-order valence-electron chi connectivity index (χ1n) is 2.88. The zero-order chi connectivity index (χ0) is 7.28. The normalized spacial score (nSPS) is 11.4. The summed E-state index contributed by atoms with van der Waals surface area (Å²) in [7, 11) is 0. The van der Waals surface area contributed by atoms with Crippen LogP contribution in [0.4, 0.5) is 0 Å². The second kappa shape index (κ2) is 3.95. The van der Waals surface area contributed by atoms with Crippen LogP contribution >= 0.6 is 0 Å². The Morgan fingerprint density at radius 1 is 1.78 bits per heavy atom. The molecule has 52 valence electrons. The highest BCUT2D eigenvalue weighted by Crippen LogP contribution is 1.97. The Hall–Kier alpha value is -0.990. The highest BCUT2D eigenvalue weighted by molar-refractivity contribution is 5.86. The van der Waals surface area contributed by atoms with Crippen molar-refractivity contribution in [2.75, 3.05) is 0 Å². The molecule has 0 unspecified atom stereocenters. The molecule has 0 radical (unpaired) electrons. The third-order valence-electron chi connectivity index (χ3n) is 0.836. The molecule has 0 aliphatic heterocycles. The van der Waals surface area contributed by atoms with Gasteiger partial charge in [-0.05, 0) is 6.42 Å². The minimum atomic E-state index is -0.534. The van der Waals surface area contributed by atoms with E-state index in [4.69, 9.17) is 10.8 Å². The number of hydrogen-bond donors (Lipinski definition) is 1. The van der Waals surface area contributed by atoms with Gasteiger partial charge in [0.15, 0.2) is 0 Å². The summed E-state index contributed by atoms with van der Waals surface area (Å²) in [6.45, 7) is 1.95. The Morgan fingerprint density at radius 3 is 2.67 bits per heavy atom. The topological polar surface area (TPSA) is 66.0 Å². The maximum atomic E-state index is 10.1. The fraction of sp³-hybridized carbons (Fsp3) is 0.500. The standard InChI is InChI=1S/C6H11NO2/c1-2-3-5(8)4-6(7)9/h4,8H,2-3H2,1H3,(H2,7,9)/p+1/b5-4-. The second-order valence-corrected chi connectivity index (χ2v) is 1.82. The molecule has 1 amide bonds. The first-order valence-corrected chi connectivity index (χ1v) is 2.88. The van der Waals surface area contributed by atoms with E-state index in [0.29, 0.717) is 12.2 Å². The number of allylic oxidation sites excluding steroid dienone is 1. The van der Waals surface area contributed by atoms with Crippen molar-refractivity contribution in [1.29, 1.82) is 0 Å². The van der Waals surface area contributed by atoms with E-state index in [9.17, 15) is 4.79 Å². The second-order valence-electron chi connectivity index (χ2n) is 1.82. The molecule has 0 aliphatic carbocycles. The average molecular weight is 130 g/mol. The van der Waals surface area contributed by atoms with Crippen LogP contribution in [0.25, 0.3) is 0 Å². The quantitative estimate of drug-likeness (QED) is 0.323. The van der Waals surface area contributed by atoms with E-state index < -0.39 is 5.91 Å². The Kier molecular flexibility index (Phi) is 3.51. The van der Waals surface area contributed by atoms with E-state index in [2.05, 4.69) is 0 Å². The molecule has 0 aliphatic rings. The molecule has 4 N–H and O–H groups in total. The van der Waals surface area contributed by atoms with Gasteiger partial charge in [-0.25, -0.2) is 0 Å². The summed E-state index contributed by atoms with van der Waals surface area (Å²) in [6, 6.07) is 0. The molecule has 0 aromatic heterocycles. The Bertz CT molecular complexity index is 129. The zero-order valence-corrected chi connectivity index (χ0v) is 5.48. The van der Waals surface area contributed by atoms with E-state index >= 15 is 0 Å². The fourth-order valence-corrected chi connectivity index (χ4v) is 0.513. The van der Waals surface area contributed by atoms with Crippen molar-refractivity contribution in [2.45, 2.75) is 19.8 Å². The van der Waals surface area contributed by atoms with Gasteiger partial charge in [0.1, 0.15) is 0 Å². The highest BCUT2D eigenvalue weighted by Gasteiger charge is 1.97. The molecule has 0 bridgehead atoms. The van der Waals surface area contributed by atoms with Crippen molar-refractivity contribution in [3.05, 3.63) is 11.8 Å². The first-order chi connectivity index (χ1) is 4.16. The molecule has 0 aromatic carbocycles. The molecule has 0 saturated heterocycles.